The number of ether oxygens (including phenoxy) is 1. The molecule has 0 spiro atoms. The minimum atomic E-state index is -0.107. The lowest BCUT2D eigenvalue weighted by Gasteiger charge is -2.34. The Labute approximate surface area is 144 Å². The summed E-state index contributed by atoms with van der Waals surface area (Å²) < 4.78 is 10.6. The Kier molecular flexibility index (Phi) is 5.61. The van der Waals surface area contributed by atoms with Gasteiger partial charge in [0.05, 0.1) is 13.7 Å². The molecule has 5 heteroatoms. The summed E-state index contributed by atoms with van der Waals surface area (Å²) in [6.45, 7) is 9.87. The van der Waals surface area contributed by atoms with E-state index in [0.717, 1.165) is 24.8 Å². The highest BCUT2D eigenvalue weighted by atomic mass is 16.5. The molecule has 1 aromatic rings. The van der Waals surface area contributed by atoms with Crippen LogP contribution >= 0.6 is 0 Å². The molecule has 1 aliphatic heterocycles. The van der Waals surface area contributed by atoms with Crippen molar-refractivity contribution < 1.29 is 9.15 Å². The van der Waals surface area contributed by atoms with E-state index in [1.165, 1.54) is 45.7 Å². The lowest BCUT2D eigenvalue weighted by atomic mass is 10.0. The second-order valence-electron chi connectivity index (χ2n) is 7.62. The first kappa shape index (κ1) is 17.5. The molecular weight excluding hydrogens is 304 g/mol. The van der Waals surface area contributed by atoms with Crippen LogP contribution in [0.1, 0.15) is 38.9 Å². The Morgan fingerprint density at radius 2 is 2.12 bits per heavy atom. The molecular formula is C19H30N2O3. The lowest BCUT2D eigenvalue weighted by molar-refractivity contribution is 0.128. The predicted molar refractivity (Wildman–Crippen MR) is 94.3 cm³/mol. The molecule has 134 valence electrons. The van der Waals surface area contributed by atoms with Crippen molar-refractivity contribution in [3.8, 4) is 5.75 Å². The fraction of sp³-hybridized carbons (Fsp3) is 0.737. The normalized spacial score (nSPS) is 23.4. The molecule has 2 heterocycles. The van der Waals surface area contributed by atoms with Crippen LogP contribution in [0.15, 0.2) is 21.5 Å². The summed E-state index contributed by atoms with van der Waals surface area (Å²) in [7, 11) is 1.49. The molecule has 24 heavy (non-hydrogen) atoms. The smallest absolute Gasteiger partial charge is 0.227 e. The SMILES string of the molecule is COc1coc(CN2CCCN(CC3CC3)C(C(C)C)C2)cc1=O. The van der Waals surface area contributed by atoms with Crippen LogP contribution in [0.5, 0.6) is 5.75 Å². The van der Waals surface area contributed by atoms with Crippen molar-refractivity contribution in [1.82, 2.24) is 9.80 Å². The average Bonchev–Trinajstić information content (AvgIpc) is 3.36. The molecule has 1 saturated carbocycles. The molecule has 0 amide bonds. The maximum atomic E-state index is 11.9. The molecule has 1 saturated heterocycles. The van der Waals surface area contributed by atoms with Crippen molar-refractivity contribution in [2.75, 3.05) is 33.3 Å². The first-order chi connectivity index (χ1) is 11.6. The highest BCUT2D eigenvalue weighted by Crippen LogP contribution is 2.32. The molecule has 0 radical (unpaired) electrons. The molecule has 5 nitrogen and oxygen atoms in total. The highest BCUT2D eigenvalue weighted by molar-refractivity contribution is 5.17. The van der Waals surface area contributed by atoms with E-state index in [1.54, 1.807) is 6.07 Å². The third kappa shape index (κ3) is 4.39. The van der Waals surface area contributed by atoms with Crippen molar-refractivity contribution in [3.63, 3.8) is 0 Å². The van der Waals surface area contributed by atoms with Gasteiger partial charge in [-0.05, 0) is 44.2 Å². The zero-order chi connectivity index (χ0) is 17.1. The maximum Gasteiger partial charge on any atom is 0.227 e. The number of rotatable bonds is 6. The largest absolute Gasteiger partial charge is 0.490 e. The van der Waals surface area contributed by atoms with E-state index in [9.17, 15) is 4.79 Å². The fourth-order valence-electron chi connectivity index (χ4n) is 3.66. The second-order valence-corrected chi connectivity index (χ2v) is 7.62. The van der Waals surface area contributed by atoms with E-state index in [-0.39, 0.29) is 11.2 Å². The van der Waals surface area contributed by atoms with Crippen LogP contribution in [-0.4, -0.2) is 49.1 Å². The summed E-state index contributed by atoms with van der Waals surface area (Å²) in [6.07, 6.45) is 5.41. The summed E-state index contributed by atoms with van der Waals surface area (Å²) in [5, 5.41) is 0. The number of hydrogen-bond acceptors (Lipinski definition) is 5. The predicted octanol–water partition coefficient (Wildman–Crippen LogP) is 2.59. The standard InChI is InChI=1S/C19H30N2O3/c1-14(2)17-12-20(7-4-8-21(17)10-15-5-6-15)11-16-9-18(22)19(23-3)13-24-16/h9,13-15,17H,4-8,10-12H2,1-3H3. The Morgan fingerprint density at radius 1 is 1.33 bits per heavy atom. The van der Waals surface area contributed by atoms with Crippen LogP contribution in [0.4, 0.5) is 0 Å². The van der Waals surface area contributed by atoms with Gasteiger partial charge in [0.1, 0.15) is 12.0 Å². The maximum absolute atomic E-state index is 11.9. The van der Waals surface area contributed by atoms with Gasteiger partial charge in [0.25, 0.3) is 0 Å². The van der Waals surface area contributed by atoms with Gasteiger partial charge in [-0.15, -0.1) is 0 Å². The quantitative estimate of drug-likeness (QED) is 0.800. The first-order valence-corrected chi connectivity index (χ1v) is 9.19. The third-order valence-corrected chi connectivity index (χ3v) is 5.24. The minimum Gasteiger partial charge on any atom is -0.490 e. The summed E-state index contributed by atoms with van der Waals surface area (Å²) in [6, 6.07) is 2.15. The summed E-state index contributed by atoms with van der Waals surface area (Å²) >= 11 is 0. The monoisotopic (exact) mass is 334 g/mol. The fourth-order valence-corrected chi connectivity index (χ4v) is 3.66. The molecule has 1 unspecified atom stereocenters. The van der Waals surface area contributed by atoms with Crippen molar-refractivity contribution in [1.29, 1.82) is 0 Å². The van der Waals surface area contributed by atoms with Gasteiger partial charge < -0.3 is 9.15 Å². The topological polar surface area (TPSA) is 45.9 Å². The summed E-state index contributed by atoms with van der Waals surface area (Å²) in [5.74, 6) is 2.55. The molecule has 2 aliphatic rings. The van der Waals surface area contributed by atoms with E-state index in [1.807, 2.05) is 0 Å². The van der Waals surface area contributed by atoms with Crippen molar-refractivity contribution in [2.45, 2.75) is 45.7 Å². The zero-order valence-corrected chi connectivity index (χ0v) is 15.2. The Bertz CT molecular complexity index is 595. The molecule has 1 aliphatic carbocycles. The van der Waals surface area contributed by atoms with Gasteiger partial charge in [0.2, 0.25) is 11.2 Å². The van der Waals surface area contributed by atoms with Gasteiger partial charge in [-0.2, -0.15) is 0 Å². The molecule has 0 bridgehead atoms. The molecule has 2 fully saturated rings. The van der Waals surface area contributed by atoms with Crippen LogP contribution in [0.3, 0.4) is 0 Å². The average molecular weight is 334 g/mol. The van der Waals surface area contributed by atoms with Gasteiger partial charge in [0, 0.05) is 25.2 Å². The summed E-state index contributed by atoms with van der Waals surface area (Å²) in [4.78, 5) is 17.1. The van der Waals surface area contributed by atoms with Crippen LogP contribution in [0.2, 0.25) is 0 Å². The zero-order valence-electron chi connectivity index (χ0n) is 15.2. The number of hydrogen-bond donors (Lipinski definition) is 0. The van der Waals surface area contributed by atoms with Crippen LogP contribution < -0.4 is 10.2 Å². The Balaban J connectivity index is 1.67. The van der Waals surface area contributed by atoms with Gasteiger partial charge in [-0.3, -0.25) is 14.6 Å². The molecule has 0 N–H and O–H groups in total. The van der Waals surface area contributed by atoms with E-state index in [4.69, 9.17) is 9.15 Å². The van der Waals surface area contributed by atoms with Crippen LogP contribution in [-0.2, 0) is 6.54 Å². The van der Waals surface area contributed by atoms with Gasteiger partial charge in [0.15, 0.2) is 0 Å². The van der Waals surface area contributed by atoms with Crippen molar-refractivity contribution in [3.05, 3.63) is 28.3 Å². The van der Waals surface area contributed by atoms with E-state index in [2.05, 4.69) is 23.6 Å². The Hall–Kier alpha value is -1.33. The van der Waals surface area contributed by atoms with E-state index in [0.29, 0.717) is 18.5 Å². The first-order valence-electron chi connectivity index (χ1n) is 9.19. The third-order valence-electron chi connectivity index (χ3n) is 5.24. The van der Waals surface area contributed by atoms with E-state index < -0.39 is 0 Å². The molecule has 0 aromatic carbocycles. The summed E-state index contributed by atoms with van der Waals surface area (Å²) in [5.41, 5.74) is -0.107. The highest BCUT2D eigenvalue weighted by Gasteiger charge is 2.32. The number of nitrogens with zero attached hydrogens (tertiary/aromatic N) is 2. The molecule has 1 atom stereocenters. The van der Waals surface area contributed by atoms with Crippen molar-refractivity contribution in [2.24, 2.45) is 11.8 Å². The minimum absolute atomic E-state index is 0.107. The van der Waals surface area contributed by atoms with E-state index >= 15 is 0 Å². The number of methoxy groups -OCH3 is 1. The molecule has 1 aromatic heterocycles. The van der Waals surface area contributed by atoms with Gasteiger partial charge in [-0.1, -0.05) is 13.8 Å². The Morgan fingerprint density at radius 3 is 2.75 bits per heavy atom. The van der Waals surface area contributed by atoms with Gasteiger partial charge in [-0.25, -0.2) is 0 Å². The lowest BCUT2D eigenvalue weighted by Crippen LogP contribution is -2.45. The van der Waals surface area contributed by atoms with Gasteiger partial charge >= 0.3 is 0 Å². The molecule has 3 rings (SSSR count). The van der Waals surface area contributed by atoms with Crippen LogP contribution in [0, 0.1) is 11.8 Å². The van der Waals surface area contributed by atoms with Crippen molar-refractivity contribution >= 4 is 0 Å². The van der Waals surface area contributed by atoms with Crippen LogP contribution in [0.25, 0.3) is 0 Å². The second kappa shape index (κ2) is 7.70.